The van der Waals surface area contributed by atoms with Crippen molar-refractivity contribution in [3.8, 4) is 0 Å². The largest absolute Gasteiger partial charge is 0.381 e. The van der Waals surface area contributed by atoms with Crippen LogP contribution in [0.3, 0.4) is 0 Å². The highest BCUT2D eigenvalue weighted by Crippen LogP contribution is 2.22. The van der Waals surface area contributed by atoms with Gasteiger partial charge in [-0.1, -0.05) is 23.8 Å². The first-order chi connectivity index (χ1) is 10.2. The highest BCUT2D eigenvalue weighted by Gasteiger charge is 2.11. The Labute approximate surface area is 127 Å². The van der Waals surface area contributed by atoms with Crippen LogP contribution in [-0.4, -0.2) is 13.1 Å². The first kappa shape index (κ1) is 14.0. The van der Waals surface area contributed by atoms with Crippen LogP contribution in [0.1, 0.15) is 29.5 Å². The van der Waals surface area contributed by atoms with Crippen molar-refractivity contribution in [1.82, 2.24) is 0 Å². The quantitative estimate of drug-likeness (QED) is 0.886. The maximum Gasteiger partial charge on any atom is 0.0403 e. The van der Waals surface area contributed by atoms with Crippen LogP contribution in [-0.2, 0) is 6.54 Å². The molecule has 0 atom stereocenters. The van der Waals surface area contributed by atoms with E-state index in [0.717, 1.165) is 6.54 Å². The Morgan fingerprint density at radius 3 is 2.33 bits per heavy atom. The van der Waals surface area contributed by atoms with Crippen molar-refractivity contribution in [3.05, 3.63) is 59.2 Å². The second-order valence-electron chi connectivity index (χ2n) is 6.02. The fourth-order valence-corrected chi connectivity index (χ4v) is 3.01. The second-order valence-corrected chi connectivity index (χ2v) is 6.02. The predicted octanol–water partition coefficient (Wildman–Crippen LogP) is 4.52. The van der Waals surface area contributed by atoms with Crippen LogP contribution in [0, 0.1) is 13.8 Å². The summed E-state index contributed by atoms with van der Waals surface area (Å²) in [5.74, 6) is 0. The van der Waals surface area contributed by atoms with Gasteiger partial charge in [-0.05, 0) is 62.1 Å². The molecule has 21 heavy (non-hydrogen) atoms. The summed E-state index contributed by atoms with van der Waals surface area (Å²) in [6.07, 6.45) is 2.65. The standard InChI is InChI=1S/C19H24N2/c1-15-5-6-17(16(2)13-15)14-20-18-7-9-19(10-8-18)21-11-3-4-12-21/h5-10,13,20H,3-4,11-12,14H2,1-2H3. The average molecular weight is 280 g/mol. The number of benzene rings is 2. The van der Waals surface area contributed by atoms with Crippen molar-refractivity contribution in [2.75, 3.05) is 23.3 Å². The monoisotopic (exact) mass is 280 g/mol. The highest BCUT2D eigenvalue weighted by atomic mass is 15.1. The zero-order chi connectivity index (χ0) is 14.7. The molecule has 1 fully saturated rings. The summed E-state index contributed by atoms with van der Waals surface area (Å²) >= 11 is 0. The minimum Gasteiger partial charge on any atom is -0.381 e. The van der Waals surface area contributed by atoms with Gasteiger partial charge in [-0.25, -0.2) is 0 Å². The molecular weight excluding hydrogens is 256 g/mol. The van der Waals surface area contributed by atoms with E-state index in [0.29, 0.717) is 0 Å². The van der Waals surface area contributed by atoms with Gasteiger partial charge < -0.3 is 10.2 Å². The van der Waals surface area contributed by atoms with Crippen LogP contribution in [0.2, 0.25) is 0 Å². The van der Waals surface area contributed by atoms with Crippen LogP contribution < -0.4 is 10.2 Å². The molecule has 0 amide bonds. The molecule has 2 heteroatoms. The van der Waals surface area contributed by atoms with Gasteiger partial charge in [-0.2, -0.15) is 0 Å². The summed E-state index contributed by atoms with van der Waals surface area (Å²) in [7, 11) is 0. The number of rotatable bonds is 4. The van der Waals surface area contributed by atoms with Gasteiger partial charge in [0, 0.05) is 31.0 Å². The molecule has 2 aromatic carbocycles. The molecule has 110 valence electrons. The van der Waals surface area contributed by atoms with Crippen molar-refractivity contribution in [1.29, 1.82) is 0 Å². The highest BCUT2D eigenvalue weighted by molar-refractivity contribution is 5.55. The van der Waals surface area contributed by atoms with E-state index in [-0.39, 0.29) is 0 Å². The maximum absolute atomic E-state index is 3.52. The third-order valence-corrected chi connectivity index (χ3v) is 4.32. The Morgan fingerprint density at radius 1 is 0.952 bits per heavy atom. The minimum absolute atomic E-state index is 0.884. The molecule has 1 N–H and O–H groups in total. The molecule has 1 aliphatic rings. The lowest BCUT2D eigenvalue weighted by Gasteiger charge is -2.18. The Bertz CT molecular complexity index is 595. The normalized spacial score (nSPS) is 14.5. The SMILES string of the molecule is Cc1ccc(CNc2ccc(N3CCCC3)cc2)c(C)c1. The second kappa shape index (κ2) is 6.21. The zero-order valence-corrected chi connectivity index (χ0v) is 13.0. The van der Waals surface area contributed by atoms with E-state index in [1.165, 1.54) is 54.0 Å². The van der Waals surface area contributed by atoms with Crippen LogP contribution in [0.15, 0.2) is 42.5 Å². The van der Waals surface area contributed by atoms with E-state index >= 15 is 0 Å². The van der Waals surface area contributed by atoms with Crippen LogP contribution in [0.4, 0.5) is 11.4 Å². The van der Waals surface area contributed by atoms with E-state index in [4.69, 9.17) is 0 Å². The lowest BCUT2D eigenvalue weighted by atomic mass is 10.1. The fourth-order valence-electron chi connectivity index (χ4n) is 3.01. The third-order valence-electron chi connectivity index (χ3n) is 4.32. The van der Waals surface area contributed by atoms with Crippen molar-refractivity contribution in [2.45, 2.75) is 33.2 Å². The van der Waals surface area contributed by atoms with Gasteiger partial charge in [-0.3, -0.25) is 0 Å². The Kier molecular flexibility index (Phi) is 4.14. The zero-order valence-electron chi connectivity index (χ0n) is 13.0. The number of nitrogens with one attached hydrogen (secondary N) is 1. The van der Waals surface area contributed by atoms with Crippen molar-refractivity contribution < 1.29 is 0 Å². The number of aryl methyl sites for hydroxylation is 2. The maximum atomic E-state index is 3.52. The molecule has 0 radical (unpaired) electrons. The summed E-state index contributed by atoms with van der Waals surface area (Å²) in [5, 5.41) is 3.52. The van der Waals surface area contributed by atoms with Crippen molar-refractivity contribution in [2.24, 2.45) is 0 Å². The Balaban J connectivity index is 1.62. The average Bonchev–Trinajstić information content (AvgIpc) is 3.01. The molecule has 1 saturated heterocycles. The first-order valence-corrected chi connectivity index (χ1v) is 7.87. The molecule has 0 spiro atoms. The molecule has 0 saturated carbocycles. The van der Waals surface area contributed by atoms with E-state index in [1.807, 2.05) is 0 Å². The van der Waals surface area contributed by atoms with Gasteiger partial charge in [0.2, 0.25) is 0 Å². The summed E-state index contributed by atoms with van der Waals surface area (Å²) < 4.78 is 0. The lowest BCUT2D eigenvalue weighted by Crippen LogP contribution is -2.17. The van der Waals surface area contributed by atoms with Crippen LogP contribution in [0.5, 0.6) is 0 Å². The van der Waals surface area contributed by atoms with Crippen molar-refractivity contribution in [3.63, 3.8) is 0 Å². The molecule has 1 aliphatic heterocycles. The summed E-state index contributed by atoms with van der Waals surface area (Å²) in [6, 6.07) is 15.5. The van der Waals surface area contributed by atoms with E-state index < -0.39 is 0 Å². The Morgan fingerprint density at radius 2 is 1.67 bits per heavy atom. The first-order valence-electron chi connectivity index (χ1n) is 7.87. The number of anilines is 2. The van der Waals surface area contributed by atoms with Crippen LogP contribution in [0.25, 0.3) is 0 Å². The van der Waals surface area contributed by atoms with E-state index in [2.05, 4.69) is 66.5 Å². The molecule has 0 unspecified atom stereocenters. The number of hydrogen-bond donors (Lipinski definition) is 1. The van der Waals surface area contributed by atoms with Gasteiger partial charge in [0.15, 0.2) is 0 Å². The molecule has 2 nitrogen and oxygen atoms in total. The summed E-state index contributed by atoms with van der Waals surface area (Å²) in [5.41, 5.74) is 6.59. The van der Waals surface area contributed by atoms with Gasteiger partial charge in [0.1, 0.15) is 0 Å². The molecule has 0 aromatic heterocycles. The predicted molar refractivity (Wildman–Crippen MR) is 91.1 cm³/mol. The van der Waals surface area contributed by atoms with E-state index in [1.54, 1.807) is 0 Å². The number of nitrogens with zero attached hydrogens (tertiary/aromatic N) is 1. The van der Waals surface area contributed by atoms with Gasteiger partial charge in [0.05, 0.1) is 0 Å². The summed E-state index contributed by atoms with van der Waals surface area (Å²) in [4.78, 5) is 2.47. The molecule has 1 heterocycles. The van der Waals surface area contributed by atoms with Gasteiger partial charge >= 0.3 is 0 Å². The van der Waals surface area contributed by atoms with Gasteiger partial charge in [0.25, 0.3) is 0 Å². The third kappa shape index (κ3) is 3.38. The number of hydrogen-bond acceptors (Lipinski definition) is 2. The Hall–Kier alpha value is -1.96. The summed E-state index contributed by atoms with van der Waals surface area (Å²) in [6.45, 7) is 7.61. The fraction of sp³-hybridized carbons (Fsp3) is 0.368. The lowest BCUT2D eigenvalue weighted by molar-refractivity contribution is 0.949. The molecule has 0 bridgehead atoms. The topological polar surface area (TPSA) is 15.3 Å². The van der Waals surface area contributed by atoms with E-state index in [9.17, 15) is 0 Å². The van der Waals surface area contributed by atoms with Crippen LogP contribution >= 0.6 is 0 Å². The molecule has 0 aliphatic carbocycles. The molecule has 2 aromatic rings. The minimum atomic E-state index is 0.884. The van der Waals surface area contributed by atoms with Gasteiger partial charge in [-0.15, -0.1) is 0 Å². The molecule has 3 rings (SSSR count). The van der Waals surface area contributed by atoms with Crippen molar-refractivity contribution >= 4 is 11.4 Å². The molecular formula is C19H24N2. The smallest absolute Gasteiger partial charge is 0.0403 e.